The van der Waals surface area contributed by atoms with Crippen molar-refractivity contribution in [2.45, 2.75) is 19.3 Å². The number of imidazole rings is 1. The number of hydrogen-bond acceptors (Lipinski definition) is 3. The molecule has 0 saturated carbocycles. The highest BCUT2D eigenvalue weighted by Crippen LogP contribution is 2.13. The van der Waals surface area contributed by atoms with E-state index in [2.05, 4.69) is 15.3 Å². The van der Waals surface area contributed by atoms with E-state index in [4.69, 9.17) is 5.73 Å². The van der Waals surface area contributed by atoms with Gasteiger partial charge in [0.05, 0.1) is 11.0 Å². The minimum Gasteiger partial charge on any atom is -0.330 e. The van der Waals surface area contributed by atoms with Crippen molar-refractivity contribution in [2.75, 3.05) is 11.9 Å². The summed E-state index contributed by atoms with van der Waals surface area (Å²) >= 11 is 0. The van der Waals surface area contributed by atoms with E-state index in [0.29, 0.717) is 18.9 Å². The monoisotopic (exact) mass is 232 g/mol. The Hall–Kier alpha value is -1.88. The second-order valence-electron chi connectivity index (χ2n) is 3.90. The maximum atomic E-state index is 11.6. The van der Waals surface area contributed by atoms with Crippen LogP contribution in [0.15, 0.2) is 24.3 Å². The number of nitrogens with two attached hydrogens (primary N) is 1. The van der Waals surface area contributed by atoms with Crippen LogP contribution in [0.1, 0.15) is 19.3 Å². The maximum absolute atomic E-state index is 11.6. The number of anilines is 1. The van der Waals surface area contributed by atoms with Crippen molar-refractivity contribution in [3.63, 3.8) is 0 Å². The third-order valence-corrected chi connectivity index (χ3v) is 2.51. The first-order valence-electron chi connectivity index (χ1n) is 5.74. The van der Waals surface area contributed by atoms with E-state index >= 15 is 0 Å². The predicted octanol–water partition coefficient (Wildman–Crippen LogP) is 1.63. The lowest BCUT2D eigenvalue weighted by Crippen LogP contribution is -2.12. The summed E-state index contributed by atoms with van der Waals surface area (Å²) in [5, 5.41) is 2.74. The fourth-order valence-electron chi connectivity index (χ4n) is 1.64. The molecule has 1 heterocycles. The summed E-state index contributed by atoms with van der Waals surface area (Å²) in [7, 11) is 0. The van der Waals surface area contributed by atoms with Gasteiger partial charge in [-0.3, -0.25) is 10.1 Å². The molecule has 0 atom stereocenters. The average molecular weight is 232 g/mol. The van der Waals surface area contributed by atoms with E-state index in [9.17, 15) is 4.79 Å². The van der Waals surface area contributed by atoms with Crippen molar-refractivity contribution in [1.29, 1.82) is 0 Å². The molecule has 0 unspecified atom stereocenters. The highest BCUT2D eigenvalue weighted by atomic mass is 16.1. The van der Waals surface area contributed by atoms with Crippen molar-refractivity contribution in [2.24, 2.45) is 5.73 Å². The minimum atomic E-state index is -0.0301. The van der Waals surface area contributed by atoms with Gasteiger partial charge in [0.15, 0.2) is 0 Å². The molecule has 0 aliphatic rings. The highest BCUT2D eigenvalue weighted by molar-refractivity contribution is 5.90. The van der Waals surface area contributed by atoms with Gasteiger partial charge in [0, 0.05) is 6.42 Å². The quantitative estimate of drug-likeness (QED) is 0.685. The number of aromatic amines is 1. The largest absolute Gasteiger partial charge is 0.330 e. The topological polar surface area (TPSA) is 83.8 Å². The van der Waals surface area contributed by atoms with Crippen LogP contribution in [0.4, 0.5) is 5.95 Å². The van der Waals surface area contributed by atoms with Crippen LogP contribution in [0, 0.1) is 0 Å². The molecule has 1 aromatic carbocycles. The number of hydrogen-bond donors (Lipinski definition) is 3. The molecule has 0 radical (unpaired) electrons. The van der Waals surface area contributed by atoms with Gasteiger partial charge in [-0.1, -0.05) is 12.1 Å². The number of benzene rings is 1. The fraction of sp³-hybridized carbons (Fsp3) is 0.333. The number of aromatic nitrogens is 2. The number of amides is 1. The van der Waals surface area contributed by atoms with Crippen LogP contribution in [0.3, 0.4) is 0 Å². The first kappa shape index (κ1) is 11.6. The molecule has 90 valence electrons. The van der Waals surface area contributed by atoms with Crippen molar-refractivity contribution >= 4 is 22.9 Å². The first-order chi connectivity index (χ1) is 8.29. The Bertz CT molecular complexity index is 473. The molecule has 17 heavy (non-hydrogen) atoms. The summed E-state index contributed by atoms with van der Waals surface area (Å²) in [6.45, 7) is 0.623. The number of nitrogens with one attached hydrogen (secondary N) is 2. The minimum absolute atomic E-state index is 0.0301. The number of para-hydroxylation sites is 2. The van der Waals surface area contributed by atoms with E-state index < -0.39 is 0 Å². The van der Waals surface area contributed by atoms with Gasteiger partial charge in [-0.15, -0.1) is 0 Å². The molecule has 2 rings (SSSR count). The zero-order valence-corrected chi connectivity index (χ0v) is 9.57. The second-order valence-corrected chi connectivity index (χ2v) is 3.90. The summed E-state index contributed by atoms with van der Waals surface area (Å²) < 4.78 is 0. The van der Waals surface area contributed by atoms with Gasteiger partial charge >= 0.3 is 0 Å². The van der Waals surface area contributed by atoms with E-state index in [0.717, 1.165) is 23.9 Å². The zero-order valence-electron chi connectivity index (χ0n) is 9.57. The number of nitrogens with zero attached hydrogens (tertiary/aromatic N) is 1. The molecule has 1 amide bonds. The number of rotatable bonds is 5. The number of carbonyl (C=O) groups is 1. The summed E-state index contributed by atoms with van der Waals surface area (Å²) in [5.74, 6) is 0.474. The second kappa shape index (κ2) is 5.45. The molecular formula is C12H16N4O. The smallest absolute Gasteiger partial charge is 0.226 e. The van der Waals surface area contributed by atoms with Gasteiger partial charge in [-0.25, -0.2) is 4.98 Å². The van der Waals surface area contributed by atoms with Crippen LogP contribution in [-0.2, 0) is 4.79 Å². The number of fused-ring (bicyclic) bond motifs is 1. The summed E-state index contributed by atoms with van der Waals surface area (Å²) in [5.41, 5.74) is 7.14. The maximum Gasteiger partial charge on any atom is 0.226 e. The molecule has 0 bridgehead atoms. The van der Waals surface area contributed by atoms with Crippen LogP contribution in [-0.4, -0.2) is 22.4 Å². The van der Waals surface area contributed by atoms with Crippen LogP contribution >= 0.6 is 0 Å². The number of carbonyl (C=O) groups excluding carboxylic acids is 1. The van der Waals surface area contributed by atoms with Gasteiger partial charge in [0.1, 0.15) is 0 Å². The lowest BCUT2D eigenvalue weighted by molar-refractivity contribution is -0.116. The Labute approximate surface area is 99.4 Å². The van der Waals surface area contributed by atoms with Crippen LogP contribution < -0.4 is 11.1 Å². The van der Waals surface area contributed by atoms with Crippen molar-refractivity contribution < 1.29 is 4.79 Å². The molecule has 0 aliphatic carbocycles. The Kier molecular flexibility index (Phi) is 3.72. The number of unbranched alkanes of at least 4 members (excludes halogenated alkanes) is 1. The molecule has 4 N–H and O–H groups in total. The van der Waals surface area contributed by atoms with E-state index in [1.165, 1.54) is 0 Å². The summed E-state index contributed by atoms with van der Waals surface area (Å²) in [4.78, 5) is 18.9. The lowest BCUT2D eigenvalue weighted by atomic mass is 10.2. The molecule has 0 fully saturated rings. The molecule has 0 spiro atoms. The Morgan fingerprint density at radius 1 is 1.35 bits per heavy atom. The van der Waals surface area contributed by atoms with Gasteiger partial charge in [-0.2, -0.15) is 0 Å². The van der Waals surface area contributed by atoms with E-state index in [-0.39, 0.29) is 5.91 Å². The predicted molar refractivity (Wildman–Crippen MR) is 67.6 cm³/mol. The summed E-state index contributed by atoms with van der Waals surface area (Å²) in [6, 6.07) is 7.66. The number of H-pyrrole nitrogens is 1. The zero-order chi connectivity index (χ0) is 12.1. The van der Waals surface area contributed by atoms with E-state index in [1.54, 1.807) is 0 Å². The molecule has 1 aromatic heterocycles. The van der Waals surface area contributed by atoms with Crippen molar-refractivity contribution in [3.8, 4) is 0 Å². The highest BCUT2D eigenvalue weighted by Gasteiger charge is 2.05. The van der Waals surface area contributed by atoms with Gasteiger partial charge in [0.2, 0.25) is 11.9 Å². The standard InChI is InChI=1S/C12H16N4O/c13-8-4-3-7-11(17)16-12-14-9-5-1-2-6-10(9)15-12/h1-2,5-6H,3-4,7-8,13H2,(H2,14,15,16,17). The van der Waals surface area contributed by atoms with Gasteiger partial charge < -0.3 is 10.7 Å². The average Bonchev–Trinajstić information content (AvgIpc) is 2.71. The molecule has 0 saturated heterocycles. The van der Waals surface area contributed by atoms with Crippen LogP contribution in [0.2, 0.25) is 0 Å². The van der Waals surface area contributed by atoms with Crippen molar-refractivity contribution in [3.05, 3.63) is 24.3 Å². The molecular weight excluding hydrogens is 216 g/mol. The normalized spacial score (nSPS) is 10.6. The molecule has 5 nitrogen and oxygen atoms in total. The van der Waals surface area contributed by atoms with Crippen molar-refractivity contribution in [1.82, 2.24) is 9.97 Å². The molecule has 0 aliphatic heterocycles. The Morgan fingerprint density at radius 2 is 2.18 bits per heavy atom. The van der Waals surface area contributed by atoms with E-state index in [1.807, 2.05) is 24.3 Å². The fourth-order valence-corrected chi connectivity index (χ4v) is 1.64. The molecule has 2 aromatic rings. The van der Waals surface area contributed by atoms with Gasteiger partial charge in [0.25, 0.3) is 0 Å². The first-order valence-corrected chi connectivity index (χ1v) is 5.74. The van der Waals surface area contributed by atoms with Crippen LogP contribution in [0.5, 0.6) is 0 Å². The lowest BCUT2D eigenvalue weighted by Gasteiger charge is -2.00. The summed E-state index contributed by atoms with van der Waals surface area (Å²) in [6.07, 6.45) is 2.16. The molecule has 5 heteroatoms. The van der Waals surface area contributed by atoms with Crippen LogP contribution in [0.25, 0.3) is 11.0 Å². The third-order valence-electron chi connectivity index (χ3n) is 2.51. The third kappa shape index (κ3) is 3.04. The Morgan fingerprint density at radius 3 is 2.94 bits per heavy atom. The SMILES string of the molecule is NCCCCC(=O)Nc1nc2ccccc2[nH]1. The van der Waals surface area contributed by atoms with Gasteiger partial charge in [-0.05, 0) is 31.5 Å². The Balaban J connectivity index is 1.96.